The molecule has 0 fully saturated rings. The molecule has 1 atom stereocenters. The summed E-state index contributed by atoms with van der Waals surface area (Å²) in [7, 11) is 1.89. The molecule has 0 aliphatic heterocycles. The third-order valence-electron chi connectivity index (χ3n) is 3.19. The lowest BCUT2D eigenvalue weighted by Crippen LogP contribution is -2.23. The van der Waals surface area contributed by atoms with E-state index in [1.165, 1.54) is 0 Å². The van der Waals surface area contributed by atoms with Crippen LogP contribution in [0.4, 0.5) is 4.39 Å². The van der Waals surface area contributed by atoms with Crippen LogP contribution in [-0.4, -0.2) is 16.3 Å². The quantitative estimate of drug-likeness (QED) is 0.896. The van der Waals surface area contributed by atoms with E-state index in [-0.39, 0.29) is 11.9 Å². The highest BCUT2D eigenvalue weighted by Crippen LogP contribution is 2.23. The topological polar surface area (TPSA) is 29.9 Å². The highest BCUT2D eigenvalue weighted by Gasteiger charge is 2.16. The Morgan fingerprint density at radius 1 is 1.37 bits per heavy atom. The zero-order valence-electron chi connectivity index (χ0n) is 11.7. The van der Waals surface area contributed by atoms with Crippen LogP contribution in [-0.2, 0) is 7.05 Å². The summed E-state index contributed by atoms with van der Waals surface area (Å²) in [5.41, 5.74) is 2.66. The standard InChI is InChI=1S/C15H20FN3/c1-4-7-17-15(13-9-18-19(3)10-13)12-6-5-11(2)14(16)8-12/h5-6,8-10,15,17H,4,7H2,1-3H3. The molecular weight excluding hydrogens is 241 g/mol. The highest BCUT2D eigenvalue weighted by atomic mass is 19.1. The van der Waals surface area contributed by atoms with E-state index in [9.17, 15) is 4.39 Å². The Kier molecular flexibility index (Phi) is 4.32. The van der Waals surface area contributed by atoms with Crippen molar-refractivity contribution in [1.29, 1.82) is 0 Å². The number of aromatic nitrogens is 2. The first-order chi connectivity index (χ1) is 9.11. The van der Waals surface area contributed by atoms with Gasteiger partial charge in [-0.1, -0.05) is 19.1 Å². The van der Waals surface area contributed by atoms with Crippen molar-refractivity contribution in [2.24, 2.45) is 7.05 Å². The van der Waals surface area contributed by atoms with E-state index in [4.69, 9.17) is 0 Å². The molecule has 1 N–H and O–H groups in total. The van der Waals surface area contributed by atoms with E-state index in [0.29, 0.717) is 5.56 Å². The summed E-state index contributed by atoms with van der Waals surface area (Å²) in [6.07, 6.45) is 4.82. The Hall–Kier alpha value is -1.68. The van der Waals surface area contributed by atoms with Gasteiger partial charge < -0.3 is 5.32 Å². The molecule has 2 rings (SSSR count). The Morgan fingerprint density at radius 3 is 2.74 bits per heavy atom. The van der Waals surface area contributed by atoms with Crippen LogP contribution in [0, 0.1) is 12.7 Å². The molecule has 0 aliphatic carbocycles. The van der Waals surface area contributed by atoms with Gasteiger partial charge in [-0.15, -0.1) is 0 Å². The maximum atomic E-state index is 13.7. The number of halogens is 1. The summed E-state index contributed by atoms with van der Waals surface area (Å²) in [6.45, 7) is 4.77. The van der Waals surface area contributed by atoms with Crippen molar-refractivity contribution in [2.75, 3.05) is 6.54 Å². The van der Waals surface area contributed by atoms with Gasteiger partial charge in [0, 0.05) is 18.8 Å². The van der Waals surface area contributed by atoms with Crippen molar-refractivity contribution in [2.45, 2.75) is 26.3 Å². The van der Waals surface area contributed by atoms with Gasteiger partial charge in [-0.2, -0.15) is 5.10 Å². The molecule has 2 aromatic rings. The second-order valence-corrected chi connectivity index (χ2v) is 4.84. The predicted octanol–water partition coefficient (Wildman–Crippen LogP) is 2.96. The van der Waals surface area contributed by atoms with Crippen LogP contribution in [0.15, 0.2) is 30.6 Å². The van der Waals surface area contributed by atoms with Gasteiger partial charge in [-0.25, -0.2) is 4.39 Å². The Morgan fingerprint density at radius 2 is 2.16 bits per heavy atom. The largest absolute Gasteiger partial charge is 0.306 e. The van der Waals surface area contributed by atoms with Crippen LogP contribution >= 0.6 is 0 Å². The van der Waals surface area contributed by atoms with E-state index in [0.717, 1.165) is 24.1 Å². The van der Waals surface area contributed by atoms with Gasteiger partial charge >= 0.3 is 0 Å². The maximum absolute atomic E-state index is 13.7. The van der Waals surface area contributed by atoms with Crippen LogP contribution in [0.1, 0.15) is 36.1 Å². The summed E-state index contributed by atoms with van der Waals surface area (Å²) in [4.78, 5) is 0. The number of hydrogen-bond acceptors (Lipinski definition) is 2. The van der Waals surface area contributed by atoms with E-state index < -0.39 is 0 Å². The molecule has 0 aliphatic rings. The van der Waals surface area contributed by atoms with Crippen molar-refractivity contribution in [3.63, 3.8) is 0 Å². The first kappa shape index (κ1) is 13.7. The Labute approximate surface area is 113 Å². The third-order valence-corrected chi connectivity index (χ3v) is 3.19. The van der Waals surface area contributed by atoms with Gasteiger partial charge in [0.15, 0.2) is 0 Å². The van der Waals surface area contributed by atoms with E-state index in [1.54, 1.807) is 17.7 Å². The summed E-state index contributed by atoms with van der Waals surface area (Å²) in [5.74, 6) is -0.162. The average molecular weight is 261 g/mol. The molecule has 1 unspecified atom stereocenters. The SMILES string of the molecule is CCCNC(c1ccc(C)c(F)c1)c1cnn(C)c1. The van der Waals surface area contributed by atoms with E-state index >= 15 is 0 Å². The molecule has 0 amide bonds. The molecule has 0 bridgehead atoms. The molecule has 1 aromatic heterocycles. The summed E-state index contributed by atoms with van der Waals surface area (Å²) >= 11 is 0. The minimum atomic E-state index is -0.162. The Balaban J connectivity index is 2.33. The van der Waals surface area contributed by atoms with Gasteiger partial charge in [0.25, 0.3) is 0 Å². The lowest BCUT2D eigenvalue weighted by Gasteiger charge is -2.18. The lowest BCUT2D eigenvalue weighted by molar-refractivity contribution is 0.582. The van der Waals surface area contributed by atoms with Gasteiger partial charge in [-0.3, -0.25) is 4.68 Å². The number of rotatable bonds is 5. The highest BCUT2D eigenvalue weighted by molar-refractivity contribution is 5.32. The van der Waals surface area contributed by atoms with Crippen molar-refractivity contribution >= 4 is 0 Å². The van der Waals surface area contributed by atoms with Crippen molar-refractivity contribution in [1.82, 2.24) is 15.1 Å². The first-order valence-electron chi connectivity index (χ1n) is 6.59. The van der Waals surface area contributed by atoms with Crippen LogP contribution < -0.4 is 5.32 Å². The number of aryl methyl sites for hydroxylation is 2. The number of benzene rings is 1. The summed E-state index contributed by atoms with van der Waals surface area (Å²) in [6, 6.07) is 5.39. The second-order valence-electron chi connectivity index (χ2n) is 4.84. The fourth-order valence-electron chi connectivity index (χ4n) is 2.09. The van der Waals surface area contributed by atoms with Crippen molar-refractivity contribution in [3.05, 3.63) is 53.1 Å². The van der Waals surface area contributed by atoms with Crippen LogP contribution in [0.25, 0.3) is 0 Å². The maximum Gasteiger partial charge on any atom is 0.126 e. The summed E-state index contributed by atoms with van der Waals surface area (Å²) < 4.78 is 15.5. The monoisotopic (exact) mass is 261 g/mol. The van der Waals surface area contributed by atoms with Gasteiger partial charge in [0.2, 0.25) is 0 Å². The summed E-state index contributed by atoms with van der Waals surface area (Å²) in [5, 5.41) is 7.64. The van der Waals surface area contributed by atoms with E-state index in [2.05, 4.69) is 17.3 Å². The zero-order chi connectivity index (χ0) is 13.8. The zero-order valence-corrected chi connectivity index (χ0v) is 11.7. The molecule has 1 heterocycles. The fourth-order valence-corrected chi connectivity index (χ4v) is 2.09. The van der Waals surface area contributed by atoms with E-state index in [1.807, 2.05) is 31.6 Å². The van der Waals surface area contributed by atoms with Crippen molar-refractivity contribution in [3.8, 4) is 0 Å². The molecule has 0 spiro atoms. The predicted molar refractivity (Wildman–Crippen MR) is 74.5 cm³/mol. The van der Waals surface area contributed by atoms with Crippen molar-refractivity contribution < 1.29 is 4.39 Å². The normalized spacial score (nSPS) is 12.6. The molecule has 4 heteroatoms. The minimum Gasteiger partial charge on any atom is -0.306 e. The second kappa shape index (κ2) is 5.97. The smallest absolute Gasteiger partial charge is 0.126 e. The number of nitrogens with one attached hydrogen (secondary N) is 1. The molecule has 0 radical (unpaired) electrons. The van der Waals surface area contributed by atoms with Crippen LogP contribution in [0.3, 0.4) is 0 Å². The van der Waals surface area contributed by atoms with Crippen LogP contribution in [0.2, 0.25) is 0 Å². The molecule has 0 saturated heterocycles. The number of nitrogens with zero attached hydrogens (tertiary/aromatic N) is 2. The fraction of sp³-hybridized carbons (Fsp3) is 0.400. The molecule has 102 valence electrons. The molecule has 19 heavy (non-hydrogen) atoms. The molecule has 0 saturated carbocycles. The average Bonchev–Trinajstić information content (AvgIpc) is 2.80. The van der Waals surface area contributed by atoms with Gasteiger partial charge in [0.1, 0.15) is 5.82 Å². The molecule has 1 aromatic carbocycles. The first-order valence-corrected chi connectivity index (χ1v) is 6.59. The molecular formula is C15H20FN3. The lowest BCUT2D eigenvalue weighted by atomic mass is 10.00. The third kappa shape index (κ3) is 3.20. The van der Waals surface area contributed by atoms with Gasteiger partial charge in [0.05, 0.1) is 12.2 Å². The van der Waals surface area contributed by atoms with Crippen LogP contribution in [0.5, 0.6) is 0 Å². The number of hydrogen-bond donors (Lipinski definition) is 1. The minimum absolute atomic E-state index is 0.0104. The van der Waals surface area contributed by atoms with Gasteiger partial charge in [-0.05, 0) is 37.1 Å². The molecule has 3 nitrogen and oxygen atoms in total. The Bertz CT molecular complexity index is 548.